The van der Waals surface area contributed by atoms with Crippen LogP contribution in [0.1, 0.15) is 52.0 Å². The van der Waals surface area contributed by atoms with E-state index in [9.17, 15) is 9.59 Å². The molecule has 0 radical (unpaired) electrons. The molecule has 28 heavy (non-hydrogen) atoms. The van der Waals surface area contributed by atoms with E-state index in [0.717, 1.165) is 44.5 Å². The van der Waals surface area contributed by atoms with Gasteiger partial charge in [0.15, 0.2) is 6.10 Å². The lowest BCUT2D eigenvalue weighted by Crippen LogP contribution is -2.42. The van der Waals surface area contributed by atoms with Crippen molar-refractivity contribution in [2.75, 3.05) is 19.7 Å². The molecular weight excluding hydrogens is 358 g/mol. The zero-order valence-electron chi connectivity index (χ0n) is 17.1. The Bertz CT molecular complexity index is 679. The van der Waals surface area contributed by atoms with Crippen LogP contribution in [0.3, 0.4) is 0 Å². The van der Waals surface area contributed by atoms with Crippen LogP contribution in [0.5, 0.6) is 5.75 Å². The van der Waals surface area contributed by atoms with Crippen LogP contribution in [0.15, 0.2) is 24.3 Å². The maximum absolute atomic E-state index is 13.1. The highest BCUT2D eigenvalue weighted by Crippen LogP contribution is 2.32. The van der Waals surface area contributed by atoms with Crippen LogP contribution in [0.4, 0.5) is 0 Å². The smallest absolute Gasteiger partial charge is 0.338 e. The summed E-state index contributed by atoms with van der Waals surface area (Å²) in [6, 6.07) is 8.02. The van der Waals surface area contributed by atoms with Gasteiger partial charge < -0.3 is 19.1 Å². The Kier molecular flexibility index (Phi) is 6.60. The number of cyclic esters (lactones) is 1. The van der Waals surface area contributed by atoms with Crippen molar-refractivity contribution in [3.63, 3.8) is 0 Å². The molecule has 0 bridgehead atoms. The third kappa shape index (κ3) is 5.04. The topological polar surface area (TPSA) is 65.1 Å². The van der Waals surface area contributed by atoms with Gasteiger partial charge in [-0.25, -0.2) is 4.79 Å². The molecule has 0 aliphatic carbocycles. The summed E-state index contributed by atoms with van der Waals surface area (Å²) in [4.78, 5) is 27.3. The molecule has 2 fully saturated rings. The van der Waals surface area contributed by atoms with Crippen molar-refractivity contribution in [3.05, 3.63) is 29.8 Å². The van der Waals surface area contributed by atoms with E-state index in [4.69, 9.17) is 14.2 Å². The Morgan fingerprint density at radius 3 is 2.50 bits per heavy atom. The van der Waals surface area contributed by atoms with Crippen molar-refractivity contribution >= 4 is 11.9 Å². The third-order valence-corrected chi connectivity index (χ3v) is 5.30. The number of ether oxygens (including phenoxy) is 3. The standard InChI is InChI=1S/C22H31NO5/c1-4-26-17-12-10-16(11-13-17)8-7-9-18(20(24)23-14-5-6-15-23)19-21(25)28-22(2,3)27-19/h10-13,18-19H,4-9,14-15H2,1-3H3/t18-,19+/m1/s1. The van der Waals surface area contributed by atoms with Gasteiger partial charge in [0, 0.05) is 26.9 Å². The van der Waals surface area contributed by atoms with Crippen LogP contribution in [-0.4, -0.2) is 48.4 Å². The van der Waals surface area contributed by atoms with Crippen molar-refractivity contribution in [3.8, 4) is 5.75 Å². The second-order valence-electron chi connectivity index (χ2n) is 7.97. The zero-order valence-corrected chi connectivity index (χ0v) is 17.1. The molecule has 0 N–H and O–H groups in total. The van der Waals surface area contributed by atoms with E-state index < -0.39 is 23.8 Å². The average Bonchev–Trinajstić information content (AvgIpc) is 3.27. The van der Waals surface area contributed by atoms with E-state index in [1.54, 1.807) is 13.8 Å². The Balaban J connectivity index is 1.63. The highest BCUT2D eigenvalue weighted by atomic mass is 16.8. The number of likely N-dealkylation sites (tertiary alicyclic amines) is 1. The van der Waals surface area contributed by atoms with Gasteiger partial charge in [-0.1, -0.05) is 12.1 Å². The molecule has 2 aliphatic heterocycles. The quantitative estimate of drug-likeness (QED) is 0.638. The molecule has 0 spiro atoms. The third-order valence-electron chi connectivity index (χ3n) is 5.30. The number of amides is 1. The number of carbonyl (C=O) groups excluding carboxylic acids is 2. The SMILES string of the molecule is CCOc1ccc(CCC[C@@H](C(=O)N2CCCC2)[C@@H]2OC(C)(C)OC2=O)cc1. The van der Waals surface area contributed by atoms with Gasteiger partial charge in [-0.05, 0) is 56.7 Å². The van der Waals surface area contributed by atoms with Gasteiger partial charge in [0.1, 0.15) is 5.75 Å². The summed E-state index contributed by atoms with van der Waals surface area (Å²) < 4.78 is 16.6. The fourth-order valence-corrected chi connectivity index (χ4v) is 3.95. The van der Waals surface area contributed by atoms with Gasteiger partial charge in [-0.3, -0.25) is 4.79 Å². The maximum Gasteiger partial charge on any atom is 0.338 e. The van der Waals surface area contributed by atoms with Crippen LogP contribution in [0, 0.1) is 5.92 Å². The first-order chi connectivity index (χ1) is 13.4. The number of esters is 1. The van der Waals surface area contributed by atoms with Crippen LogP contribution in [-0.2, 0) is 25.5 Å². The Hall–Kier alpha value is -2.08. The highest BCUT2D eigenvalue weighted by Gasteiger charge is 2.48. The van der Waals surface area contributed by atoms with Gasteiger partial charge in [0.25, 0.3) is 0 Å². The molecule has 1 amide bonds. The Morgan fingerprint density at radius 2 is 1.93 bits per heavy atom. The van der Waals surface area contributed by atoms with Crippen LogP contribution < -0.4 is 4.74 Å². The molecule has 154 valence electrons. The largest absolute Gasteiger partial charge is 0.494 e. The van der Waals surface area contributed by atoms with Crippen LogP contribution >= 0.6 is 0 Å². The fraction of sp³-hybridized carbons (Fsp3) is 0.636. The number of aryl methyl sites for hydroxylation is 1. The summed E-state index contributed by atoms with van der Waals surface area (Å²) in [5.74, 6) is -1.01. The number of benzene rings is 1. The molecule has 1 aromatic carbocycles. The highest BCUT2D eigenvalue weighted by molar-refractivity contribution is 5.87. The van der Waals surface area contributed by atoms with E-state index in [1.807, 2.05) is 36.1 Å². The summed E-state index contributed by atoms with van der Waals surface area (Å²) in [5.41, 5.74) is 1.19. The van der Waals surface area contributed by atoms with Crippen molar-refractivity contribution in [2.45, 2.75) is 64.8 Å². The first-order valence-electron chi connectivity index (χ1n) is 10.3. The lowest BCUT2D eigenvalue weighted by Gasteiger charge is -2.26. The second kappa shape index (κ2) is 8.95. The number of rotatable bonds is 8. The van der Waals surface area contributed by atoms with Crippen LogP contribution in [0.2, 0.25) is 0 Å². The van der Waals surface area contributed by atoms with E-state index in [2.05, 4.69) is 0 Å². The first kappa shape index (κ1) is 20.6. The Morgan fingerprint density at radius 1 is 1.25 bits per heavy atom. The van der Waals surface area contributed by atoms with Crippen molar-refractivity contribution in [2.24, 2.45) is 5.92 Å². The first-order valence-corrected chi connectivity index (χ1v) is 10.3. The predicted molar refractivity (Wildman–Crippen MR) is 105 cm³/mol. The summed E-state index contributed by atoms with van der Waals surface area (Å²) in [6.45, 7) is 7.56. The van der Waals surface area contributed by atoms with Crippen molar-refractivity contribution in [1.29, 1.82) is 0 Å². The fourth-order valence-electron chi connectivity index (χ4n) is 3.95. The summed E-state index contributed by atoms with van der Waals surface area (Å²) in [7, 11) is 0. The zero-order chi connectivity index (χ0) is 20.1. The van der Waals surface area contributed by atoms with Gasteiger partial charge in [0.05, 0.1) is 12.5 Å². The number of nitrogens with zero attached hydrogens (tertiary/aromatic N) is 1. The molecule has 3 rings (SSSR count). The molecular formula is C22H31NO5. The lowest BCUT2D eigenvalue weighted by molar-refractivity contribution is -0.162. The van der Waals surface area contributed by atoms with Gasteiger partial charge in [-0.2, -0.15) is 0 Å². The molecule has 2 heterocycles. The minimum Gasteiger partial charge on any atom is -0.494 e. The predicted octanol–water partition coefficient (Wildman–Crippen LogP) is 3.32. The van der Waals surface area contributed by atoms with E-state index in [1.165, 1.54) is 5.56 Å². The second-order valence-corrected chi connectivity index (χ2v) is 7.97. The lowest BCUT2D eigenvalue weighted by atomic mass is 9.93. The molecule has 2 atom stereocenters. The van der Waals surface area contributed by atoms with E-state index in [-0.39, 0.29) is 5.91 Å². The average molecular weight is 389 g/mol. The molecule has 6 heteroatoms. The molecule has 6 nitrogen and oxygen atoms in total. The minimum absolute atomic E-state index is 0.0174. The number of carbonyl (C=O) groups is 2. The van der Waals surface area contributed by atoms with Gasteiger partial charge >= 0.3 is 5.97 Å². The minimum atomic E-state index is -0.972. The van der Waals surface area contributed by atoms with Crippen LogP contribution in [0.25, 0.3) is 0 Å². The van der Waals surface area contributed by atoms with E-state index >= 15 is 0 Å². The summed E-state index contributed by atoms with van der Waals surface area (Å²) in [6.07, 6.45) is 3.45. The van der Waals surface area contributed by atoms with E-state index in [0.29, 0.717) is 13.0 Å². The molecule has 1 aromatic rings. The maximum atomic E-state index is 13.1. The normalized spacial score (nSPS) is 22.2. The summed E-state index contributed by atoms with van der Waals surface area (Å²) in [5, 5.41) is 0. The molecule has 2 saturated heterocycles. The monoisotopic (exact) mass is 389 g/mol. The van der Waals surface area contributed by atoms with Gasteiger partial charge in [-0.15, -0.1) is 0 Å². The molecule has 2 aliphatic rings. The molecule has 0 aromatic heterocycles. The number of hydrogen-bond donors (Lipinski definition) is 0. The molecule has 0 unspecified atom stereocenters. The molecule has 0 saturated carbocycles. The van der Waals surface area contributed by atoms with Crippen molar-refractivity contribution < 1.29 is 23.8 Å². The Labute approximate surface area is 167 Å². The number of hydrogen-bond acceptors (Lipinski definition) is 5. The van der Waals surface area contributed by atoms with Gasteiger partial charge in [0.2, 0.25) is 11.7 Å². The van der Waals surface area contributed by atoms with Crippen molar-refractivity contribution in [1.82, 2.24) is 4.90 Å². The summed E-state index contributed by atoms with van der Waals surface area (Å²) >= 11 is 0.